The maximum Gasteiger partial charge on any atom is 0.421 e. The second kappa shape index (κ2) is 10.2. The first-order valence-corrected chi connectivity index (χ1v) is 9.20. The molecular weight excluding hydrogens is 422 g/mol. The van der Waals surface area contributed by atoms with Gasteiger partial charge in [0.25, 0.3) is 5.91 Å². The summed E-state index contributed by atoms with van der Waals surface area (Å²) in [7, 11) is 4.08. The topological polar surface area (TPSA) is 88.6 Å². The van der Waals surface area contributed by atoms with Crippen molar-refractivity contribution in [1.82, 2.24) is 14.9 Å². The van der Waals surface area contributed by atoms with Gasteiger partial charge in [-0.15, -0.1) is 0 Å². The molecule has 8 nitrogen and oxygen atoms in total. The van der Waals surface area contributed by atoms with Crippen molar-refractivity contribution in [1.29, 1.82) is 0 Å². The van der Waals surface area contributed by atoms with Crippen LogP contribution in [0, 0.1) is 5.82 Å². The molecule has 1 aromatic carbocycles. The maximum atomic E-state index is 14.7. The number of benzene rings is 1. The monoisotopic (exact) mass is 445 g/mol. The van der Waals surface area contributed by atoms with Crippen molar-refractivity contribution in [2.24, 2.45) is 0 Å². The summed E-state index contributed by atoms with van der Waals surface area (Å²) in [4.78, 5) is 21.5. The lowest BCUT2D eigenvalue weighted by Crippen LogP contribution is -2.34. The van der Waals surface area contributed by atoms with Gasteiger partial charge in [-0.3, -0.25) is 4.79 Å². The quantitative estimate of drug-likeness (QED) is 0.571. The molecule has 0 fully saturated rings. The highest BCUT2D eigenvalue weighted by Gasteiger charge is 2.35. The second-order valence-electron chi connectivity index (χ2n) is 6.24. The minimum Gasteiger partial charge on any atom is -0.495 e. The molecule has 0 saturated heterocycles. The zero-order chi connectivity index (χ0) is 23.2. The third kappa shape index (κ3) is 5.72. The molecule has 0 saturated carbocycles. The van der Waals surface area contributed by atoms with Gasteiger partial charge in [0.05, 0.1) is 25.0 Å². The summed E-state index contributed by atoms with van der Waals surface area (Å²) in [6, 6.07) is 2.20. The van der Waals surface area contributed by atoms with E-state index in [0.717, 1.165) is 6.07 Å². The van der Waals surface area contributed by atoms with Gasteiger partial charge in [0.2, 0.25) is 5.95 Å². The Kier molecular flexibility index (Phi) is 7.97. The first-order chi connectivity index (χ1) is 14.7. The number of aromatic nitrogens is 2. The highest BCUT2D eigenvalue weighted by Crippen LogP contribution is 2.35. The Morgan fingerprint density at radius 1 is 1.26 bits per heavy atom. The number of methoxy groups -OCH3 is 2. The number of nitrogens with zero attached hydrogens (tertiary/aromatic N) is 3. The molecule has 2 N–H and O–H groups in total. The number of halogens is 4. The summed E-state index contributed by atoms with van der Waals surface area (Å²) in [5.41, 5.74) is -1.22. The zero-order valence-corrected chi connectivity index (χ0v) is 17.4. The van der Waals surface area contributed by atoms with E-state index in [0.29, 0.717) is 12.7 Å². The molecule has 170 valence electrons. The van der Waals surface area contributed by atoms with Crippen molar-refractivity contribution < 1.29 is 31.8 Å². The SMILES string of the molecule is CCN(CCOC)C(=O)c1cc(OC)c(Nc2ncc(C(F)(F)F)c(NC)n2)cc1F. The fourth-order valence-electron chi connectivity index (χ4n) is 2.72. The molecule has 0 atom stereocenters. The molecule has 1 heterocycles. The number of ether oxygens (including phenoxy) is 2. The van der Waals surface area contributed by atoms with Crippen LogP contribution in [-0.4, -0.2) is 61.7 Å². The highest BCUT2D eigenvalue weighted by molar-refractivity contribution is 5.95. The summed E-state index contributed by atoms with van der Waals surface area (Å²) in [5, 5.41) is 4.97. The number of carbonyl (C=O) groups excluding carboxylic acids is 1. The summed E-state index contributed by atoms with van der Waals surface area (Å²) in [6.07, 6.45) is -4.03. The smallest absolute Gasteiger partial charge is 0.421 e. The van der Waals surface area contributed by atoms with Crippen molar-refractivity contribution in [3.05, 3.63) is 35.3 Å². The van der Waals surface area contributed by atoms with E-state index in [1.165, 1.54) is 32.2 Å². The Bertz CT molecular complexity index is 924. The van der Waals surface area contributed by atoms with Gasteiger partial charge in [-0.05, 0) is 13.0 Å². The van der Waals surface area contributed by atoms with Gasteiger partial charge >= 0.3 is 6.18 Å². The van der Waals surface area contributed by atoms with Gasteiger partial charge in [-0.2, -0.15) is 18.2 Å². The molecule has 12 heteroatoms. The van der Waals surface area contributed by atoms with Crippen LogP contribution in [0.2, 0.25) is 0 Å². The van der Waals surface area contributed by atoms with Crippen molar-refractivity contribution in [2.45, 2.75) is 13.1 Å². The van der Waals surface area contributed by atoms with Crippen LogP contribution in [0.15, 0.2) is 18.3 Å². The largest absolute Gasteiger partial charge is 0.495 e. The van der Waals surface area contributed by atoms with E-state index in [4.69, 9.17) is 9.47 Å². The number of rotatable bonds is 9. The number of carbonyl (C=O) groups is 1. The predicted molar refractivity (Wildman–Crippen MR) is 106 cm³/mol. The molecule has 0 aliphatic carbocycles. The summed E-state index contributed by atoms with van der Waals surface area (Å²) < 4.78 is 63.9. The molecule has 2 aromatic rings. The van der Waals surface area contributed by atoms with Crippen LogP contribution in [0.5, 0.6) is 5.75 Å². The Labute approximate surface area is 176 Å². The maximum absolute atomic E-state index is 14.7. The van der Waals surface area contributed by atoms with Crippen LogP contribution in [0.25, 0.3) is 0 Å². The first-order valence-electron chi connectivity index (χ1n) is 9.20. The molecule has 0 radical (unpaired) electrons. The molecule has 1 aromatic heterocycles. The number of alkyl halides is 3. The number of likely N-dealkylation sites (N-methyl/N-ethyl adjacent to an activating group) is 1. The van der Waals surface area contributed by atoms with Crippen molar-refractivity contribution in [3.63, 3.8) is 0 Å². The van der Waals surface area contributed by atoms with Crippen molar-refractivity contribution >= 4 is 23.4 Å². The van der Waals surface area contributed by atoms with Gasteiger partial charge in [0.15, 0.2) is 0 Å². The predicted octanol–water partition coefficient (Wildman–Crippen LogP) is 3.54. The minimum atomic E-state index is -4.64. The normalized spacial score (nSPS) is 11.2. The average molecular weight is 445 g/mol. The van der Waals surface area contributed by atoms with Gasteiger partial charge in [0.1, 0.15) is 22.9 Å². The first kappa shape index (κ1) is 24.1. The highest BCUT2D eigenvalue weighted by atomic mass is 19.4. The van der Waals surface area contributed by atoms with Gasteiger partial charge in [-0.25, -0.2) is 9.37 Å². The molecule has 0 unspecified atom stereocenters. The van der Waals surface area contributed by atoms with Crippen molar-refractivity contribution in [3.8, 4) is 5.75 Å². The number of nitrogens with one attached hydrogen (secondary N) is 2. The van der Waals surface area contributed by atoms with Crippen LogP contribution in [0.4, 0.5) is 35.0 Å². The molecule has 1 amide bonds. The van der Waals surface area contributed by atoms with Gasteiger partial charge < -0.3 is 25.0 Å². The van der Waals surface area contributed by atoms with E-state index in [9.17, 15) is 22.4 Å². The summed E-state index contributed by atoms with van der Waals surface area (Å²) >= 11 is 0. The van der Waals surface area contributed by atoms with Crippen LogP contribution in [0.1, 0.15) is 22.8 Å². The van der Waals surface area contributed by atoms with E-state index >= 15 is 0 Å². The van der Waals surface area contributed by atoms with Crippen LogP contribution >= 0.6 is 0 Å². The van der Waals surface area contributed by atoms with Gasteiger partial charge in [-0.1, -0.05) is 0 Å². The van der Waals surface area contributed by atoms with E-state index in [-0.39, 0.29) is 36.1 Å². The number of anilines is 3. The Morgan fingerprint density at radius 3 is 2.52 bits per heavy atom. The van der Waals surface area contributed by atoms with Crippen molar-refractivity contribution in [2.75, 3.05) is 51.6 Å². The Balaban J connectivity index is 2.37. The number of hydrogen-bond acceptors (Lipinski definition) is 7. The molecule has 0 spiro atoms. The third-order valence-electron chi connectivity index (χ3n) is 4.33. The van der Waals surface area contributed by atoms with Crippen LogP contribution in [0.3, 0.4) is 0 Å². The summed E-state index contributed by atoms with van der Waals surface area (Å²) in [5.74, 6) is -1.98. The van der Waals surface area contributed by atoms with E-state index in [1.807, 2.05) is 0 Å². The average Bonchev–Trinajstić information content (AvgIpc) is 2.73. The number of amides is 1. The minimum absolute atomic E-state index is 0.0401. The molecule has 0 aliphatic heterocycles. The molecule has 2 rings (SSSR count). The number of hydrogen-bond donors (Lipinski definition) is 2. The molecular formula is C19H23F4N5O3. The second-order valence-corrected chi connectivity index (χ2v) is 6.24. The lowest BCUT2D eigenvalue weighted by molar-refractivity contribution is -0.137. The molecule has 31 heavy (non-hydrogen) atoms. The van der Waals surface area contributed by atoms with E-state index < -0.39 is 29.3 Å². The Morgan fingerprint density at radius 2 is 1.97 bits per heavy atom. The summed E-state index contributed by atoms with van der Waals surface area (Å²) in [6.45, 7) is 2.66. The van der Waals surface area contributed by atoms with E-state index in [1.54, 1.807) is 6.92 Å². The molecule has 0 aliphatic rings. The standard InChI is InChI=1S/C19H23F4N5O3/c1-5-28(6-7-30-3)17(29)11-8-15(31-4)14(9-13(11)20)26-18-25-10-12(19(21,22)23)16(24-2)27-18/h8-10H,5-7H2,1-4H3,(H2,24,25,26,27). The lowest BCUT2D eigenvalue weighted by atomic mass is 10.1. The lowest BCUT2D eigenvalue weighted by Gasteiger charge is -2.21. The fraction of sp³-hybridized carbons (Fsp3) is 0.421. The fourth-order valence-corrected chi connectivity index (χ4v) is 2.72. The molecule has 0 bridgehead atoms. The van der Waals surface area contributed by atoms with Crippen LogP contribution in [-0.2, 0) is 10.9 Å². The third-order valence-corrected chi connectivity index (χ3v) is 4.33. The Hall–Kier alpha value is -3.15. The van der Waals surface area contributed by atoms with E-state index in [2.05, 4.69) is 20.6 Å². The van der Waals surface area contributed by atoms with Crippen LogP contribution < -0.4 is 15.4 Å². The zero-order valence-electron chi connectivity index (χ0n) is 17.4. The van der Waals surface area contributed by atoms with Gasteiger partial charge in [0, 0.05) is 39.5 Å².